The largest absolute Gasteiger partial charge is 0.495 e. The molecule has 0 aromatic heterocycles. The predicted molar refractivity (Wildman–Crippen MR) is 107 cm³/mol. The Bertz CT molecular complexity index is 788. The molecule has 2 aliphatic rings. The second-order valence-electron chi connectivity index (χ2n) is 6.99. The second-order valence-corrected chi connectivity index (χ2v) is 7.84. The van der Waals surface area contributed by atoms with Crippen molar-refractivity contribution in [1.29, 1.82) is 0 Å². The van der Waals surface area contributed by atoms with Crippen LogP contribution in [0.15, 0.2) is 53.0 Å². The van der Waals surface area contributed by atoms with Gasteiger partial charge in [0.1, 0.15) is 5.75 Å². The summed E-state index contributed by atoms with van der Waals surface area (Å²) in [5, 5.41) is 0. The third-order valence-electron chi connectivity index (χ3n) is 5.43. The van der Waals surface area contributed by atoms with E-state index in [1.165, 1.54) is 5.56 Å². The Morgan fingerprint density at radius 1 is 1.08 bits per heavy atom. The lowest BCUT2D eigenvalue weighted by Gasteiger charge is -2.36. The molecule has 0 bridgehead atoms. The maximum atomic E-state index is 12.8. The molecule has 1 aliphatic heterocycles. The first-order chi connectivity index (χ1) is 12.7. The minimum atomic E-state index is 0.178. The van der Waals surface area contributed by atoms with Crippen LogP contribution in [-0.4, -0.2) is 44.1 Å². The Morgan fingerprint density at radius 2 is 1.81 bits per heavy atom. The van der Waals surface area contributed by atoms with E-state index in [0.717, 1.165) is 48.5 Å². The van der Waals surface area contributed by atoms with Gasteiger partial charge in [0.05, 0.1) is 11.6 Å². The molecule has 2 atom stereocenters. The molecule has 1 saturated carbocycles. The van der Waals surface area contributed by atoms with Crippen molar-refractivity contribution >= 4 is 27.5 Å². The number of carbonyl (C=O) groups excluding carboxylic acids is 1. The van der Waals surface area contributed by atoms with Gasteiger partial charge in [0.15, 0.2) is 0 Å². The number of nitrogens with zero attached hydrogens (tertiary/aromatic N) is 2. The Labute approximate surface area is 162 Å². The molecule has 2 fully saturated rings. The van der Waals surface area contributed by atoms with Crippen molar-refractivity contribution in [3.63, 3.8) is 0 Å². The number of ether oxygens (including phenoxy) is 1. The molecule has 26 heavy (non-hydrogen) atoms. The van der Waals surface area contributed by atoms with Crippen LogP contribution in [0, 0.1) is 5.92 Å². The fourth-order valence-electron chi connectivity index (χ4n) is 3.80. The molecule has 2 aromatic carbocycles. The maximum absolute atomic E-state index is 12.8. The molecular weight excluding hydrogens is 392 g/mol. The average molecular weight is 415 g/mol. The Morgan fingerprint density at radius 3 is 2.50 bits per heavy atom. The fourth-order valence-corrected chi connectivity index (χ4v) is 4.21. The smallest absolute Gasteiger partial charge is 0.226 e. The number of methoxy groups -OCH3 is 1. The molecule has 0 radical (unpaired) electrons. The number of benzene rings is 2. The minimum Gasteiger partial charge on any atom is -0.495 e. The summed E-state index contributed by atoms with van der Waals surface area (Å²) in [5.41, 5.74) is 2.44. The lowest BCUT2D eigenvalue weighted by molar-refractivity contribution is -0.132. The van der Waals surface area contributed by atoms with E-state index in [-0.39, 0.29) is 5.92 Å². The highest BCUT2D eigenvalue weighted by Crippen LogP contribution is 2.48. The number of halogens is 1. The number of hydrogen-bond acceptors (Lipinski definition) is 3. The standard InChI is InChI=1S/C21H23BrN2O2/c1-26-20-13-16(7-8-19(20)22)23-9-11-24(12-10-23)21(25)18-14-17(18)15-5-3-2-4-6-15/h2-8,13,17-18H,9-12,14H2,1H3/t17-,18-/m1/s1. The molecule has 4 nitrogen and oxygen atoms in total. The first-order valence-corrected chi connectivity index (χ1v) is 9.89. The monoisotopic (exact) mass is 414 g/mol. The van der Waals surface area contributed by atoms with E-state index in [4.69, 9.17) is 4.74 Å². The van der Waals surface area contributed by atoms with Crippen LogP contribution in [0.1, 0.15) is 17.9 Å². The summed E-state index contributed by atoms with van der Waals surface area (Å²) < 4.78 is 6.35. The summed E-state index contributed by atoms with van der Waals surface area (Å²) in [7, 11) is 1.68. The Kier molecular flexibility index (Phi) is 4.90. The Hall–Kier alpha value is -2.01. The average Bonchev–Trinajstić information content (AvgIpc) is 3.49. The normalized spacial score (nSPS) is 22.2. The summed E-state index contributed by atoms with van der Waals surface area (Å²) >= 11 is 3.49. The van der Waals surface area contributed by atoms with Gasteiger partial charge in [-0.3, -0.25) is 4.79 Å². The highest BCUT2D eigenvalue weighted by Gasteiger charge is 2.45. The quantitative estimate of drug-likeness (QED) is 0.759. The molecular formula is C21H23BrN2O2. The summed E-state index contributed by atoms with van der Waals surface area (Å²) in [6, 6.07) is 16.6. The van der Waals surface area contributed by atoms with E-state index in [0.29, 0.717) is 11.8 Å². The van der Waals surface area contributed by atoms with Gasteiger partial charge in [-0.1, -0.05) is 30.3 Å². The number of rotatable bonds is 4. The van der Waals surface area contributed by atoms with Crippen LogP contribution < -0.4 is 9.64 Å². The van der Waals surface area contributed by atoms with Crippen LogP contribution in [-0.2, 0) is 4.79 Å². The molecule has 2 aromatic rings. The van der Waals surface area contributed by atoms with Crippen molar-refractivity contribution in [1.82, 2.24) is 4.90 Å². The van der Waals surface area contributed by atoms with Gasteiger partial charge in [-0.25, -0.2) is 0 Å². The van der Waals surface area contributed by atoms with Crippen LogP contribution in [0.2, 0.25) is 0 Å². The third kappa shape index (κ3) is 3.45. The van der Waals surface area contributed by atoms with Gasteiger partial charge in [0.25, 0.3) is 0 Å². The van der Waals surface area contributed by atoms with Crippen LogP contribution in [0.25, 0.3) is 0 Å². The SMILES string of the molecule is COc1cc(N2CCN(C(=O)[C@@H]3C[C@@H]3c3ccccc3)CC2)ccc1Br. The first kappa shape index (κ1) is 17.4. The van der Waals surface area contributed by atoms with E-state index >= 15 is 0 Å². The summed E-state index contributed by atoms with van der Waals surface area (Å²) in [6.07, 6.45) is 0.993. The predicted octanol–water partition coefficient (Wildman–Crippen LogP) is 3.91. The number of hydrogen-bond donors (Lipinski definition) is 0. The Balaban J connectivity index is 1.35. The molecule has 136 valence electrons. The zero-order chi connectivity index (χ0) is 18.1. The highest BCUT2D eigenvalue weighted by molar-refractivity contribution is 9.10. The second kappa shape index (κ2) is 7.31. The summed E-state index contributed by atoms with van der Waals surface area (Å²) in [4.78, 5) is 17.2. The van der Waals surface area contributed by atoms with E-state index in [1.807, 2.05) is 23.1 Å². The topological polar surface area (TPSA) is 32.8 Å². The zero-order valence-corrected chi connectivity index (χ0v) is 16.5. The summed E-state index contributed by atoms with van der Waals surface area (Å²) in [6.45, 7) is 3.29. The molecule has 5 heteroatoms. The van der Waals surface area contributed by atoms with E-state index in [1.54, 1.807) is 7.11 Å². The highest BCUT2D eigenvalue weighted by atomic mass is 79.9. The molecule has 1 aliphatic carbocycles. The van der Waals surface area contributed by atoms with Crippen LogP contribution in [0.4, 0.5) is 5.69 Å². The van der Waals surface area contributed by atoms with Gasteiger partial charge in [-0.05, 0) is 46.0 Å². The van der Waals surface area contributed by atoms with Crippen molar-refractivity contribution in [2.75, 3.05) is 38.2 Å². The van der Waals surface area contributed by atoms with Crippen molar-refractivity contribution in [2.24, 2.45) is 5.92 Å². The van der Waals surface area contributed by atoms with Gasteiger partial charge in [0, 0.05) is 43.9 Å². The third-order valence-corrected chi connectivity index (χ3v) is 6.08. The minimum absolute atomic E-state index is 0.178. The number of carbonyl (C=O) groups is 1. The van der Waals surface area contributed by atoms with E-state index in [9.17, 15) is 4.79 Å². The van der Waals surface area contributed by atoms with Gasteiger partial charge in [-0.15, -0.1) is 0 Å². The lowest BCUT2D eigenvalue weighted by Crippen LogP contribution is -2.49. The van der Waals surface area contributed by atoms with Gasteiger partial charge in [-0.2, -0.15) is 0 Å². The van der Waals surface area contributed by atoms with E-state index in [2.05, 4.69) is 51.2 Å². The molecule has 1 saturated heterocycles. The van der Waals surface area contributed by atoms with Gasteiger partial charge in [0.2, 0.25) is 5.91 Å². The molecule has 1 heterocycles. The lowest BCUT2D eigenvalue weighted by atomic mass is 10.1. The van der Waals surface area contributed by atoms with Crippen LogP contribution >= 0.6 is 15.9 Å². The first-order valence-electron chi connectivity index (χ1n) is 9.09. The van der Waals surface area contributed by atoms with Crippen molar-refractivity contribution in [3.8, 4) is 5.75 Å². The van der Waals surface area contributed by atoms with Crippen LogP contribution in [0.3, 0.4) is 0 Å². The fraction of sp³-hybridized carbons (Fsp3) is 0.381. The molecule has 0 unspecified atom stereocenters. The van der Waals surface area contributed by atoms with E-state index < -0.39 is 0 Å². The molecule has 0 spiro atoms. The van der Waals surface area contributed by atoms with Gasteiger partial charge >= 0.3 is 0 Å². The van der Waals surface area contributed by atoms with Gasteiger partial charge < -0.3 is 14.5 Å². The maximum Gasteiger partial charge on any atom is 0.226 e. The van der Waals surface area contributed by atoms with Crippen molar-refractivity contribution < 1.29 is 9.53 Å². The summed E-state index contributed by atoms with van der Waals surface area (Å²) in [5.74, 6) is 1.76. The number of amides is 1. The zero-order valence-electron chi connectivity index (χ0n) is 14.9. The van der Waals surface area contributed by atoms with Crippen molar-refractivity contribution in [3.05, 3.63) is 58.6 Å². The van der Waals surface area contributed by atoms with Crippen LogP contribution in [0.5, 0.6) is 5.75 Å². The molecule has 4 rings (SSSR count). The molecule has 0 N–H and O–H groups in total. The number of anilines is 1. The molecule has 1 amide bonds. The van der Waals surface area contributed by atoms with Crippen molar-refractivity contribution in [2.45, 2.75) is 12.3 Å². The number of piperazine rings is 1.